The molecule has 0 amide bonds. The molecule has 5 heteroatoms. The Labute approximate surface area is 180 Å². The summed E-state index contributed by atoms with van der Waals surface area (Å²) in [6.07, 6.45) is 3.58. The molecular weight excluding hydrogens is 386 g/mol. The summed E-state index contributed by atoms with van der Waals surface area (Å²) < 4.78 is 5.87. The lowest BCUT2D eigenvalue weighted by atomic mass is 9.86. The van der Waals surface area contributed by atoms with Crippen molar-refractivity contribution in [3.63, 3.8) is 0 Å². The second-order valence-corrected chi connectivity index (χ2v) is 8.47. The van der Waals surface area contributed by atoms with Gasteiger partial charge in [0.15, 0.2) is 11.5 Å². The first-order valence-electron chi connectivity index (χ1n) is 10.9. The molecule has 1 aliphatic carbocycles. The normalized spacial score (nSPS) is 15.3. The number of aryl methyl sites for hydroxylation is 1. The molecule has 1 saturated heterocycles. The Kier molecular flexibility index (Phi) is 4.10. The van der Waals surface area contributed by atoms with E-state index in [1.807, 2.05) is 36.4 Å². The van der Waals surface area contributed by atoms with Crippen molar-refractivity contribution in [3.05, 3.63) is 71.3 Å². The molecule has 0 spiro atoms. The number of rotatable bonds is 3. The summed E-state index contributed by atoms with van der Waals surface area (Å²) in [5.74, 6) is 0.696. The molecule has 6 rings (SSSR count). The Balaban J connectivity index is 1.61. The van der Waals surface area contributed by atoms with Crippen molar-refractivity contribution in [2.75, 3.05) is 23.3 Å². The predicted molar refractivity (Wildman–Crippen MR) is 123 cm³/mol. The fourth-order valence-electron chi connectivity index (χ4n) is 4.81. The van der Waals surface area contributed by atoms with Crippen molar-refractivity contribution in [2.24, 2.45) is 0 Å². The zero-order valence-corrected chi connectivity index (χ0v) is 17.4. The summed E-state index contributed by atoms with van der Waals surface area (Å²) in [6, 6.07) is 17.9. The van der Waals surface area contributed by atoms with Gasteiger partial charge in [0.25, 0.3) is 0 Å². The van der Waals surface area contributed by atoms with E-state index in [2.05, 4.69) is 40.5 Å². The topological polar surface area (TPSA) is 58.4 Å². The number of aromatic nitrogens is 1. The van der Waals surface area contributed by atoms with Crippen LogP contribution in [0.5, 0.6) is 0 Å². The number of nitrogens with zero attached hydrogens (tertiary/aromatic N) is 2. The van der Waals surface area contributed by atoms with Gasteiger partial charge in [0, 0.05) is 29.9 Å². The van der Waals surface area contributed by atoms with Gasteiger partial charge in [0.2, 0.25) is 0 Å². The Bertz CT molecular complexity index is 1310. The molecule has 31 heavy (non-hydrogen) atoms. The molecule has 1 aliphatic heterocycles. The number of fused-ring (bicyclic) bond motifs is 2. The van der Waals surface area contributed by atoms with Crippen molar-refractivity contribution in [1.29, 1.82) is 0 Å². The molecule has 4 aromatic rings. The van der Waals surface area contributed by atoms with Gasteiger partial charge in [-0.05, 0) is 44.4 Å². The number of carbonyl (C=O) groups is 1. The highest BCUT2D eigenvalue weighted by atomic mass is 16.5. The minimum atomic E-state index is 0.0103. The smallest absolute Gasteiger partial charge is 0.196 e. The first-order chi connectivity index (χ1) is 15.2. The first kappa shape index (κ1) is 18.2. The van der Waals surface area contributed by atoms with E-state index in [4.69, 9.17) is 4.52 Å². The summed E-state index contributed by atoms with van der Waals surface area (Å²) in [7, 11) is 0. The van der Waals surface area contributed by atoms with Gasteiger partial charge < -0.3 is 14.7 Å². The number of hydrogen-bond acceptors (Lipinski definition) is 5. The van der Waals surface area contributed by atoms with Crippen LogP contribution < -0.4 is 10.2 Å². The average molecular weight is 409 g/mol. The van der Waals surface area contributed by atoms with Crippen molar-refractivity contribution >= 4 is 33.7 Å². The third-order valence-electron chi connectivity index (χ3n) is 6.41. The van der Waals surface area contributed by atoms with Gasteiger partial charge in [-0.15, -0.1) is 0 Å². The van der Waals surface area contributed by atoms with Crippen LogP contribution in [0.1, 0.15) is 40.7 Å². The maximum absolute atomic E-state index is 13.6. The number of anilines is 3. The van der Waals surface area contributed by atoms with E-state index in [9.17, 15) is 4.79 Å². The predicted octanol–water partition coefficient (Wildman–Crippen LogP) is 6.08. The molecule has 0 unspecified atom stereocenters. The van der Waals surface area contributed by atoms with Crippen molar-refractivity contribution in [1.82, 2.24) is 5.16 Å². The summed E-state index contributed by atoms with van der Waals surface area (Å²) >= 11 is 0. The summed E-state index contributed by atoms with van der Waals surface area (Å²) in [4.78, 5) is 16.0. The number of piperidine rings is 1. The van der Waals surface area contributed by atoms with Gasteiger partial charge in [-0.3, -0.25) is 4.79 Å². The van der Waals surface area contributed by atoms with Crippen molar-refractivity contribution in [3.8, 4) is 11.3 Å². The second-order valence-electron chi connectivity index (χ2n) is 8.47. The number of ketones is 1. The fraction of sp³-hybridized carbons (Fsp3) is 0.231. The van der Waals surface area contributed by atoms with Crippen LogP contribution in [0.15, 0.2) is 59.1 Å². The molecule has 3 aromatic carbocycles. The van der Waals surface area contributed by atoms with Crippen LogP contribution in [0.25, 0.3) is 22.2 Å². The van der Waals surface area contributed by atoms with E-state index >= 15 is 0 Å². The lowest BCUT2D eigenvalue weighted by Gasteiger charge is -2.30. The van der Waals surface area contributed by atoms with Crippen LogP contribution in [0.4, 0.5) is 17.1 Å². The number of hydrogen-bond donors (Lipinski definition) is 1. The second kappa shape index (κ2) is 6.98. The quantitative estimate of drug-likeness (QED) is 0.391. The SMILES string of the molecule is Cc1ccc(Nc2cc(N3CCCCC3)c3noc4c3c2C(=O)c2ccccc2-4)cc1. The van der Waals surface area contributed by atoms with E-state index < -0.39 is 0 Å². The van der Waals surface area contributed by atoms with Crippen LogP contribution in [-0.4, -0.2) is 24.0 Å². The first-order valence-corrected chi connectivity index (χ1v) is 10.9. The van der Waals surface area contributed by atoms with Crippen LogP contribution in [0.3, 0.4) is 0 Å². The summed E-state index contributed by atoms with van der Waals surface area (Å²) in [6.45, 7) is 4.05. The van der Waals surface area contributed by atoms with Crippen molar-refractivity contribution < 1.29 is 9.32 Å². The molecule has 0 atom stereocenters. The maximum Gasteiger partial charge on any atom is 0.196 e. The highest BCUT2D eigenvalue weighted by molar-refractivity contribution is 6.28. The minimum absolute atomic E-state index is 0.0103. The molecule has 2 aliphatic rings. The van der Waals surface area contributed by atoms with Crippen LogP contribution >= 0.6 is 0 Å². The van der Waals surface area contributed by atoms with Gasteiger partial charge in [0.05, 0.1) is 22.3 Å². The molecule has 1 aromatic heterocycles. The number of nitrogens with one attached hydrogen (secondary N) is 1. The largest absolute Gasteiger partial charge is 0.370 e. The maximum atomic E-state index is 13.6. The monoisotopic (exact) mass is 409 g/mol. The van der Waals surface area contributed by atoms with Gasteiger partial charge in [-0.25, -0.2) is 0 Å². The number of benzene rings is 3. The molecule has 1 N–H and O–H groups in total. The molecule has 0 bridgehead atoms. The van der Waals surface area contributed by atoms with E-state index in [-0.39, 0.29) is 5.78 Å². The van der Waals surface area contributed by atoms with Gasteiger partial charge in [0.1, 0.15) is 5.52 Å². The van der Waals surface area contributed by atoms with E-state index in [0.717, 1.165) is 59.5 Å². The Morgan fingerprint density at radius 2 is 1.71 bits per heavy atom. The summed E-state index contributed by atoms with van der Waals surface area (Å²) in [5.41, 5.74) is 6.90. The van der Waals surface area contributed by atoms with Crippen LogP contribution in [0, 0.1) is 6.92 Å². The van der Waals surface area contributed by atoms with E-state index in [1.165, 1.54) is 12.0 Å². The molecular formula is C26H23N3O2. The Morgan fingerprint density at radius 3 is 2.48 bits per heavy atom. The van der Waals surface area contributed by atoms with Gasteiger partial charge >= 0.3 is 0 Å². The van der Waals surface area contributed by atoms with E-state index in [1.54, 1.807) is 0 Å². The third-order valence-corrected chi connectivity index (χ3v) is 6.41. The fourth-order valence-corrected chi connectivity index (χ4v) is 4.81. The van der Waals surface area contributed by atoms with E-state index in [0.29, 0.717) is 16.9 Å². The lowest BCUT2D eigenvalue weighted by molar-refractivity contribution is 0.104. The molecule has 0 radical (unpaired) electrons. The highest BCUT2D eigenvalue weighted by Gasteiger charge is 2.33. The molecule has 154 valence electrons. The third kappa shape index (κ3) is 2.84. The number of carbonyl (C=O) groups excluding carboxylic acids is 1. The summed E-state index contributed by atoms with van der Waals surface area (Å²) in [5, 5.41) is 8.80. The zero-order chi connectivity index (χ0) is 20.9. The lowest BCUT2D eigenvalue weighted by Crippen LogP contribution is -2.29. The van der Waals surface area contributed by atoms with Crippen molar-refractivity contribution in [2.45, 2.75) is 26.2 Å². The standard InChI is InChI=1S/C26H23N3O2/c1-16-9-11-17(12-10-16)27-20-15-21(29-13-5-2-6-14-29)24-23-22(20)25(30)18-7-3-4-8-19(18)26(23)31-28-24/h3-4,7-12,15,27H,2,5-6,13-14H2,1H3. The average Bonchev–Trinajstić information content (AvgIpc) is 3.25. The molecule has 5 nitrogen and oxygen atoms in total. The van der Waals surface area contributed by atoms with Gasteiger partial charge in [-0.1, -0.05) is 47.1 Å². The van der Waals surface area contributed by atoms with Crippen LogP contribution in [0.2, 0.25) is 0 Å². The zero-order valence-electron chi connectivity index (χ0n) is 17.4. The van der Waals surface area contributed by atoms with Gasteiger partial charge in [-0.2, -0.15) is 0 Å². The van der Waals surface area contributed by atoms with Crippen LogP contribution in [-0.2, 0) is 0 Å². The molecule has 2 heterocycles. The Hall–Kier alpha value is -3.60. The minimum Gasteiger partial charge on any atom is -0.370 e. The molecule has 1 fully saturated rings. The highest BCUT2D eigenvalue weighted by Crippen LogP contribution is 2.46. The molecule has 0 saturated carbocycles. The Morgan fingerprint density at radius 1 is 0.968 bits per heavy atom.